The number of hydrogen-bond donors (Lipinski definition) is 2. The van der Waals surface area contributed by atoms with Crippen LogP contribution in [-0.4, -0.2) is 54.9 Å². The van der Waals surface area contributed by atoms with Gasteiger partial charge >= 0.3 is 13.1 Å². The van der Waals surface area contributed by atoms with Crippen LogP contribution in [0, 0.1) is 34.0 Å². The molecule has 4 aliphatic rings. The van der Waals surface area contributed by atoms with E-state index in [-0.39, 0.29) is 42.2 Å². The second-order valence-electron chi connectivity index (χ2n) is 12.7. The van der Waals surface area contributed by atoms with E-state index in [1.54, 1.807) is 18.2 Å². The van der Waals surface area contributed by atoms with Crippen LogP contribution in [0.25, 0.3) is 0 Å². The van der Waals surface area contributed by atoms with Crippen LogP contribution in [0.4, 0.5) is 0 Å². The molecule has 212 valence electrons. The predicted octanol–water partition coefficient (Wildman–Crippen LogP) is 3.20. The Morgan fingerprint density at radius 3 is 2.69 bits per heavy atom. The molecule has 0 unspecified atom stereocenters. The molecule has 9 heteroatoms. The quantitative estimate of drug-likeness (QED) is 0.322. The number of methoxy groups -OCH3 is 1. The van der Waals surface area contributed by atoms with E-state index in [4.69, 9.17) is 18.9 Å². The summed E-state index contributed by atoms with van der Waals surface area (Å²) < 4.78 is 22.8. The van der Waals surface area contributed by atoms with Crippen LogP contribution >= 0.6 is 0 Å². The normalized spacial score (nSPS) is 39.3. The average molecular weight is 540 g/mol. The summed E-state index contributed by atoms with van der Waals surface area (Å²) in [6.07, 6.45) is 3.84. The Kier molecular flexibility index (Phi) is 7.17. The summed E-state index contributed by atoms with van der Waals surface area (Å²) in [5.74, 6) is 0.148. The van der Waals surface area contributed by atoms with Gasteiger partial charge in [0.15, 0.2) is 18.1 Å². The number of carbonyl (C=O) groups excluding carboxylic acids is 2. The summed E-state index contributed by atoms with van der Waals surface area (Å²) in [7, 11) is 0.448. The molecule has 0 amide bonds. The van der Waals surface area contributed by atoms with E-state index in [1.807, 2.05) is 6.92 Å². The molecule has 1 aromatic rings. The monoisotopic (exact) mass is 540 g/mol. The lowest BCUT2D eigenvalue weighted by Gasteiger charge is -2.61. The molecule has 0 radical (unpaired) electrons. The fourth-order valence-electron chi connectivity index (χ4n) is 8.33. The summed E-state index contributed by atoms with van der Waals surface area (Å²) in [5.41, 5.74) is -0.253. The van der Waals surface area contributed by atoms with Crippen LogP contribution in [0.2, 0.25) is 0 Å². The summed E-state index contributed by atoms with van der Waals surface area (Å²) in [5, 5.41) is 21.8. The van der Waals surface area contributed by atoms with Gasteiger partial charge in [-0.1, -0.05) is 33.8 Å². The molecule has 8 nitrogen and oxygen atoms in total. The number of fused-ring (bicyclic) bond motifs is 1. The van der Waals surface area contributed by atoms with Crippen molar-refractivity contribution in [3.63, 3.8) is 0 Å². The lowest BCUT2D eigenvalue weighted by atomic mass is 9.44. The van der Waals surface area contributed by atoms with Crippen molar-refractivity contribution in [3.8, 4) is 11.5 Å². The molecule has 3 aliphatic carbocycles. The number of hydrogen-bond acceptors (Lipinski definition) is 8. The van der Waals surface area contributed by atoms with Gasteiger partial charge < -0.3 is 29.0 Å². The molecule has 0 saturated heterocycles. The first-order valence-electron chi connectivity index (χ1n) is 14.1. The van der Waals surface area contributed by atoms with Gasteiger partial charge in [-0.2, -0.15) is 0 Å². The van der Waals surface area contributed by atoms with E-state index in [2.05, 4.69) is 27.4 Å². The minimum atomic E-state index is -1.06. The SMILES string of the molecule is C=C[C@]1(C)C[C@@H](OC(=O)COc2cc3c(cc2OC)COB3O)[C@]2(C)[C@H](C)CC[C@]3(CCC(=O)[C@H]32)[C@@H](C)[C@@H]1O. The molecule has 1 aromatic carbocycles. The molecule has 0 aromatic heterocycles. The first-order chi connectivity index (χ1) is 18.4. The zero-order chi connectivity index (χ0) is 28.3. The maximum absolute atomic E-state index is 13.5. The van der Waals surface area contributed by atoms with E-state index >= 15 is 0 Å². The number of carbonyl (C=O) groups is 2. The second-order valence-corrected chi connectivity index (χ2v) is 12.7. The second kappa shape index (κ2) is 9.93. The number of esters is 1. The third kappa shape index (κ3) is 4.23. The van der Waals surface area contributed by atoms with Crippen LogP contribution in [0.15, 0.2) is 24.8 Å². The van der Waals surface area contributed by atoms with E-state index in [0.29, 0.717) is 29.8 Å². The summed E-state index contributed by atoms with van der Waals surface area (Å²) in [4.78, 5) is 26.9. The van der Waals surface area contributed by atoms with E-state index in [1.165, 1.54) is 7.11 Å². The number of Topliss-reactive ketones (excluding diaryl/α,β-unsaturated/α-hetero) is 1. The van der Waals surface area contributed by atoms with Gasteiger partial charge in [0, 0.05) is 23.2 Å². The van der Waals surface area contributed by atoms with Crippen LogP contribution in [0.3, 0.4) is 0 Å². The molecule has 8 atom stereocenters. The van der Waals surface area contributed by atoms with E-state index < -0.39 is 36.1 Å². The fraction of sp³-hybridized carbons (Fsp3) is 0.667. The highest BCUT2D eigenvalue weighted by atomic mass is 16.6. The first kappa shape index (κ1) is 28.2. The third-order valence-corrected chi connectivity index (χ3v) is 11.0. The largest absolute Gasteiger partial charge is 0.493 e. The van der Waals surface area contributed by atoms with Crippen LogP contribution < -0.4 is 14.9 Å². The highest BCUT2D eigenvalue weighted by Crippen LogP contribution is 2.68. The number of benzene rings is 1. The lowest BCUT2D eigenvalue weighted by Crippen LogP contribution is -2.63. The summed E-state index contributed by atoms with van der Waals surface area (Å²) in [6.45, 7) is 12.3. The van der Waals surface area contributed by atoms with Gasteiger partial charge in [-0.05, 0) is 66.1 Å². The highest BCUT2D eigenvalue weighted by molar-refractivity contribution is 6.61. The Labute approximate surface area is 231 Å². The Balaban J connectivity index is 1.45. The van der Waals surface area contributed by atoms with Gasteiger partial charge in [-0.15, -0.1) is 6.58 Å². The molecule has 0 spiro atoms. The van der Waals surface area contributed by atoms with Gasteiger partial charge in [0.25, 0.3) is 0 Å². The van der Waals surface area contributed by atoms with Gasteiger partial charge in [0.2, 0.25) is 0 Å². The topological polar surface area (TPSA) is 112 Å². The highest BCUT2D eigenvalue weighted by Gasteiger charge is 2.68. The van der Waals surface area contributed by atoms with Gasteiger partial charge in [0.05, 0.1) is 19.8 Å². The molecule has 2 bridgehead atoms. The molecule has 2 N–H and O–H groups in total. The fourth-order valence-corrected chi connectivity index (χ4v) is 8.33. The lowest BCUT2D eigenvalue weighted by molar-refractivity contribution is -0.207. The number of aliphatic hydroxyl groups is 1. The number of ketones is 1. The van der Waals surface area contributed by atoms with Crippen molar-refractivity contribution in [1.82, 2.24) is 0 Å². The van der Waals surface area contributed by atoms with E-state index in [0.717, 1.165) is 24.8 Å². The zero-order valence-corrected chi connectivity index (χ0v) is 23.7. The minimum absolute atomic E-state index is 0.0876. The maximum atomic E-state index is 13.5. The van der Waals surface area contributed by atoms with Crippen LogP contribution in [0.5, 0.6) is 11.5 Å². The van der Waals surface area contributed by atoms with Crippen molar-refractivity contribution in [2.75, 3.05) is 13.7 Å². The minimum Gasteiger partial charge on any atom is -0.493 e. The maximum Gasteiger partial charge on any atom is 0.491 e. The number of aliphatic hydroxyl groups excluding tert-OH is 1. The van der Waals surface area contributed by atoms with Crippen molar-refractivity contribution in [2.45, 2.75) is 78.6 Å². The van der Waals surface area contributed by atoms with Crippen molar-refractivity contribution in [2.24, 2.45) is 34.0 Å². The molecule has 39 heavy (non-hydrogen) atoms. The predicted molar refractivity (Wildman–Crippen MR) is 146 cm³/mol. The van der Waals surface area contributed by atoms with Crippen molar-refractivity contribution in [1.29, 1.82) is 0 Å². The van der Waals surface area contributed by atoms with Gasteiger partial charge in [0.1, 0.15) is 11.9 Å². The standard InChI is InChI=1S/C30H41BO8/c1-7-28(4)14-24(29(5)17(2)8-10-30(18(3)27(28)34)11-9-21(32)26(29)30)39-25(33)16-37-23-13-20-19(12-22(23)36-6)15-38-31(20)35/h7,12-13,17-18,24,26-27,34-35H,1,8-11,14-16H2,2-6H3/t17-,18+,24-,26+,27+,28-,29+,30+/m1/s1. The Morgan fingerprint density at radius 1 is 1.26 bits per heavy atom. The first-order valence-corrected chi connectivity index (χ1v) is 14.1. The smallest absolute Gasteiger partial charge is 0.491 e. The Morgan fingerprint density at radius 2 is 2.00 bits per heavy atom. The van der Waals surface area contributed by atoms with Gasteiger partial charge in [-0.25, -0.2) is 4.79 Å². The van der Waals surface area contributed by atoms with Crippen molar-refractivity contribution < 1.29 is 38.6 Å². The van der Waals surface area contributed by atoms with Crippen molar-refractivity contribution in [3.05, 3.63) is 30.4 Å². The molecule has 1 aliphatic heterocycles. The zero-order valence-electron chi connectivity index (χ0n) is 23.7. The Hall–Kier alpha value is -2.36. The van der Waals surface area contributed by atoms with Crippen LogP contribution in [0.1, 0.15) is 65.4 Å². The third-order valence-electron chi connectivity index (χ3n) is 11.0. The molecule has 5 rings (SSSR count). The molecule has 3 saturated carbocycles. The van der Waals surface area contributed by atoms with Crippen molar-refractivity contribution >= 4 is 24.3 Å². The average Bonchev–Trinajstić information content (AvgIpc) is 3.47. The Bertz CT molecular complexity index is 1170. The molecular formula is C30H41BO8. The molecular weight excluding hydrogens is 499 g/mol. The summed E-state index contributed by atoms with van der Waals surface area (Å²) in [6, 6.07) is 3.35. The van der Waals surface area contributed by atoms with Crippen LogP contribution in [-0.2, 0) is 25.6 Å². The van der Waals surface area contributed by atoms with Gasteiger partial charge in [-0.3, -0.25) is 4.79 Å². The summed E-state index contributed by atoms with van der Waals surface area (Å²) >= 11 is 0. The van der Waals surface area contributed by atoms with E-state index in [9.17, 15) is 19.7 Å². The number of rotatable bonds is 6. The molecule has 3 fully saturated rings. The number of ether oxygens (including phenoxy) is 3. The molecule has 1 heterocycles.